The molecule has 2 heterocycles. The summed E-state index contributed by atoms with van der Waals surface area (Å²) in [5.74, 6) is 1.35. The van der Waals surface area contributed by atoms with Crippen LogP contribution in [0.1, 0.15) is 17.5 Å². The van der Waals surface area contributed by atoms with Crippen molar-refractivity contribution in [1.29, 1.82) is 0 Å². The zero-order chi connectivity index (χ0) is 16.2. The molecular formula is C18H19NO4. The van der Waals surface area contributed by atoms with Gasteiger partial charge in [0.25, 0.3) is 0 Å². The SMILES string of the molecule is COc1cc2c(cc1OC)[C@]13C[C@H](O)C=CC1=CC(=O)N3CC2. The lowest BCUT2D eigenvalue weighted by Crippen LogP contribution is -2.52. The third-order valence-electron chi connectivity index (χ3n) is 5.15. The van der Waals surface area contributed by atoms with Crippen LogP contribution >= 0.6 is 0 Å². The van der Waals surface area contributed by atoms with Gasteiger partial charge in [-0.3, -0.25) is 4.79 Å². The van der Waals surface area contributed by atoms with Crippen molar-refractivity contribution in [3.8, 4) is 11.5 Å². The van der Waals surface area contributed by atoms with Crippen molar-refractivity contribution in [3.05, 3.63) is 47.1 Å². The number of hydrogen-bond donors (Lipinski definition) is 1. The lowest BCUT2D eigenvalue weighted by molar-refractivity contribution is -0.130. The van der Waals surface area contributed by atoms with Gasteiger partial charge < -0.3 is 19.5 Å². The number of carbonyl (C=O) groups is 1. The van der Waals surface area contributed by atoms with Gasteiger partial charge in [-0.15, -0.1) is 0 Å². The van der Waals surface area contributed by atoms with Gasteiger partial charge in [0.1, 0.15) is 0 Å². The highest BCUT2D eigenvalue weighted by Gasteiger charge is 2.52. The Morgan fingerprint density at radius 3 is 2.74 bits per heavy atom. The van der Waals surface area contributed by atoms with Gasteiger partial charge >= 0.3 is 0 Å². The maximum absolute atomic E-state index is 12.4. The largest absolute Gasteiger partial charge is 0.493 e. The topological polar surface area (TPSA) is 59.0 Å². The average Bonchev–Trinajstić information content (AvgIpc) is 2.85. The quantitative estimate of drug-likeness (QED) is 0.900. The highest BCUT2D eigenvalue weighted by Crippen LogP contribution is 2.52. The summed E-state index contributed by atoms with van der Waals surface area (Å²) in [4.78, 5) is 14.3. The third kappa shape index (κ3) is 1.80. The second kappa shape index (κ2) is 4.86. The summed E-state index contributed by atoms with van der Waals surface area (Å²) >= 11 is 0. The molecule has 4 rings (SSSR count). The monoisotopic (exact) mass is 313 g/mol. The number of carbonyl (C=O) groups excluding carboxylic acids is 1. The Labute approximate surface area is 134 Å². The highest BCUT2D eigenvalue weighted by atomic mass is 16.5. The molecule has 1 N–H and O–H groups in total. The molecule has 2 aliphatic heterocycles. The van der Waals surface area contributed by atoms with Gasteiger partial charge in [-0.1, -0.05) is 12.2 Å². The normalized spacial score (nSPS) is 28.0. The maximum atomic E-state index is 12.4. The molecule has 1 aliphatic carbocycles. The Bertz CT molecular complexity index is 752. The number of amides is 1. The first kappa shape index (κ1) is 14.3. The fourth-order valence-electron chi connectivity index (χ4n) is 4.13. The zero-order valence-electron chi connectivity index (χ0n) is 13.2. The summed E-state index contributed by atoms with van der Waals surface area (Å²) < 4.78 is 10.9. The summed E-state index contributed by atoms with van der Waals surface area (Å²) in [6.07, 6.45) is 5.99. The summed E-state index contributed by atoms with van der Waals surface area (Å²) in [7, 11) is 3.23. The summed E-state index contributed by atoms with van der Waals surface area (Å²) in [5, 5.41) is 10.2. The molecule has 1 spiro atoms. The van der Waals surface area contributed by atoms with Gasteiger partial charge in [0.15, 0.2) is 11.5 Å². The summed E-state index contributed by atoms with van der Waals surface area (Å²) in [6.45, 7) is 0.641. The molecule has 0 saturated carbocycles. The minimum atomic E-state index is -0.585. The van der Waals surface area contributed by atoms with Crippen molar-refractivity contribution in [2.24, 2.45) is 0 Å². The van der Waals surface area contributed by atoms with Crippen molar-refractivity contribution >= 4 is 5.91 Å². The number of fused-ring (bicyclic) bond motifs is 1. The van der Waals surface area contributed by atoms with E-state index >= 15 is 0 Å². The molecular weight excluding hydrogens is 294 g/mol. The van der Waals surface area contributed by atoms with Crippen LogP contribution in [0, 0.1) is 0 Å². The standard InChI is InChI=1S/C18H19NO4/c1-22-15-7-11-5-6-19-17(21)8-12-3-4-13(20)10-18(12,19)14(11)9-16(15)23-2/h3-4,7-9,13,20H,5-6,10H2,1-2H3/t13-,18+/m1/s1. The lowest BCUT2D eigenvalue weighted by Gasteiger charge is -2.47. The Morgan fingerprint density at radius 2 is 2.00 bits per heavy atom. The Morgan fingerprint density at radius 1 is 1.26 bits per heavy atom. The van der Waals surface area contributed by atoms with Gasteiger partial charge in [-0.05, 0) is 35.3 Å². The van der Waals surface area contributed by atoms with Crippen molar-refractivity contribution in [1.82, 2.24) is 4.90 Å². The van der Waals surface area contributed by atoms with E-state index < -0.39 is 11.6 Å². The molecule has 0 fully saturated rings. The number of rotatable bonds is 2. The van der Waals surface area contributed by atoms with Gasteiger partial charge in [-0.2, -0.15) is 0 Å². The first-order valence-corrected chi connectivity index (χ1v) is 7.75. The van der Waals surface area contributed by atoms with Crippen LogP contribution in [0.4, 0.5) is 0 Å². The van der Waals surface area contributed by atoms with E-state index in [1.807, 2.05) is 23.1 Å². The van der Waals surface area contributed by atoms with Crippen LogP contribution in [0.15, 0.2) is 35.9 Å². The first-order valence-electron chi connectivity index (χ1n) is 7.75. The predicted molar refractivity (Wildman–Crippen MR) is 84.5 cm³/mol. The molecule has 5 nitrogen and oxygen atoms in total. The number of benzene rings is 1. The van der Waals surface area contributed by atoms with Crippen molar-refractivity contribution in [2.45, 2.75) is 24.5 Å². The van der Waals surface area contributed by atoms with Crippen LogP contribution in [0.5, 0.6) is 11.5 Å². The van der Waals surface area contributed by atoms with Crippen LogP contribution in [0.3, 0.4) is 0 Å². The maximum Gasteiger partial charge on any atom is 0.247 e. The van der Waals surface area contributed by atoms with Gasteiger partial charge in [0.05, 0.1) is 25.9 Å². The predicted octanol–water partition coefficient (Wildman–Crippen LogP) is 1.54. The van der Waals surface area contributed by atoms with Crippen LogP contribution in [-0.4, -0.2) is 42.8 Å². The van der Waals surface area contributed by atoms with E-state index in [1.165, 1.54) is 0 Å². The van der Waals surface area contributed by atoms with E-state index in [2.05, 4.69) is 0 Å². The second-order valence-electron chi connectivity index (χ2n) is 6.19. The molecule has 0 radical (unpaired) electrons. The molecule has 0 aromatic heterocycles. The number of hydrogen-bond acceptors (Lipinski definition) is 4. The summed E-state index contributed by atoms with van der Waals surface area (Å²) in [5.41, 5.74) is 2.53. The van der Waals surface area contributed by atoms with E-state index in [0.29, 0.717) is 24.5 Å². The van der Waals surface area contributed by atoms with Crippen LogP contribution in [-0.2, 0) is 16.8 Å². The Balaban J connectivity index is 1.97. The molecule has 1 aromatic carbocycles. The Hall–Kier alpha value is -2.27. The molecule has 1 aromatic rings. The smallest absolute Gasteiger partial charge is 0.247 e. The fourth-order valence-corrected chi connectivity index (χ4v) is 4.13. The minimum absolute atomic E-state index is 0.0131. The van der Waals surface area contributed by atoms with Gasteiger partial charge in [0, 0.05) is 19.0 Å². The highest BCUT2D eigenvalue weighted by molar-refractivity contribution is 5.95. The number of ether oxygens (including phenoxy) is 2. The minimum Gasteiger partial charge on any atom is -0.493 e. The van der Waals surface area contributed by atoms with E-state index in [9.17, 15) is 9.90 Å². The number of methoxy groups -OCH3 is 2. The van der Waals surface area contributed by atoms with Crippen LogP contribution in [0.25, 0.3) is 0 Å². The van der Waals surface area contributed by atoms with E-state index in [1.54, 1.807) is 26.4 Å². The first-order chi connectivity index (χ1) is 11.1. The van der Waals surface area contributed by atoms with Crippen LogP contribution in [0.2, 0.25) is 0 Å². The van der Waals surface area contributed by atoms with Crippen molar-refractivity contribution in [3.63, 3.8) is 0 Å². The van der Waals surface area contributed by atoms with Crippen molar-refractivity contribution in [2.75, 3.05) is 20.8 Å². The zero-order valence-corrected chi connectivity index (χ0v) is 13.2. The van der Waals surface area contributed by atoms with E-state index in [-0.39, 0.29) is 5.91 Å². The second-order valence-corrected chi connectivity index (χ2v) is 6.19. The molecule has 1 amide bonds. The average molecular weight is 313 g/mol. The number of aliphatic hydroxyl groups is 1. The molecule has 2 atom stereocenters. The van der Waals surface area contributed by atoms with E-state index in [4.69, 9.17) is 9.47 Å². The molecule has 0 saturated heterocycles. The third-order valence-corrected chi connectivity index (χ3v) is 5.15. The number of nitrogens with zero attached hydrogens (tertiary/aromatic N) is 1. The molecule has 23 heavy (non-hydrogen) atoms. The van der Waals surface area contributed by atoms with Gasteiger partial charge in [0.2, 0.25) is 5.91 Å². The van der Waals surface area contributed by atoms with Crippen LogP contribution < -0.4 is 9.47 Å². The molecule has 5 heteroatoms. The molecule has 0 unspecified atom stereocenters. The lowest BCUT2D eigenvalue weighted by atomic mass is 9.71. The Kier molecular flexibility index (Phi) is 3.03. The van der Waals surface area contributed by atoms with Gasteiger partial charge in [-0.25, -0.2) is 0 Å². The van der Waals surface area contributed by atoms with Crippen molar-refractivity contribution < 1.29 is 19.4 Å². The molecule has 3 aliphatic rings. The molecule has 0 bridgehead atoms. The fraction of sp³-hybridized carbons (Fsp3) is 0.389. The molecule has 120 valence electrons. The summed E-state index contributed by atoms with van der Waals surface area (Å²) in [6, 6.07) is 3.95. The van der Waals surface area contributed by atoms with E-state index in [0.717, 1.165) is 23.1 Å². The number of aliphatic hydroxyl groups excluding tert-OH is 1.